The Hall–Kier alpha value is -1.44. The standard InChI is InChI=1S/C16H25N3O3S/c1-13(2)12-17-16(20)14-5-4-6-15(11-14)23(21,22)19-9-7-18(3)8-10-19/h4-6,11,13H,7-10,12H2,1-3H3,(H,17,20). The maximum absolute atomic E-state index is 12.7. The molecule has 7 heteroatoms. The summed E-state index contributed by atoms with van der Waals surface area (Å²) in [6, 6.07) is 6.27. The average molecular weight is 339 g/mol. The molecule has 0 saturated carbocycles. The first kappa shape index (κ1) is 17.9. The van der Waals surface area contributed by atoms with E-state index in [1.165, 1.54) is 10.4 Å². The molecule has 0 aromatic heterocycles. The zero-order valence-corrected chi connectivity index (χ0v) is 14.8. The Morgan fingerprint density at radius 2 is 1.87 bits per heavy atom. The van der Waals surface area contributed by atoms with Crippen LogP contribution in [0.3, 0.4) is 0 Å². The Morgan fingerprint density at radius 1 is 1.22 bits per heavy atom. The summed E-state index contributed by atoms with van der Waals surface area (Å²) >= 11 is 0. The zero-order valence-electron chi connectivity index (χ0n) is 13.9. The molecule has 0 bridgehead atoms. The van der Waals surface area contributed by atoms with Crippen LogP contribution in [0.15, 0.2) is 29.2 Å². The van der Waals surface area contributed by atoms with E-state index in [2.05, 4.69) is 10.2 Å². The van der Waals surface area contributed by atoms with Gasteiger partial charge in [-0.2, -0.15) is 4.31 Å². The van der Waals surface area contributed by atoms with E-state index in [9.17, 15) is 13.2 Å². The second kappa shape index (κ2) is 7.42. The van der Waals surface area contributed by atoms with Crippen LogP contribution in [0.1, 0.15) is 24.2 Å². The fraction of sp³-hybridized carbons (Fsp3) is 0.562. The molecule has 2 rings (SSSR count). The fourth-order valence-electron chi connectivity index (χ4n) is 2.37. The monoisotopic (exact) mass is 339 g/mol. The van der Waals surface area contributed by atoms with Crippen molar-refractivity contribution in [3.63, 3.8) is 0 Å². The predicted molar refractivity (Wildman–Crippen MR) is 89.9 cm³/mol. The third kappa shape index (κ3) is 4.53. The van der Waals surface area contributed by atoms with Gasteiger partial charge in [0, 0.05) is 38.3 Å². The summed E-state index contributed by atoms with van der Waals surface area (Å²) in [6.07, 6.45) is 0. The van der Waals surface area contributed by atoms with Crippen molar-refractivity contribution in [1.29, 1.82) is 0 Å². The van der Waals surface area contributed by atoms with E-state index < -0.39 is 10.0 Å². The Labute approximate surface area is 138 Å². The normalized spacial score (nSPS) is 17.4. The first-order valence-corrected chi connectivity index (χ1v) is 9.31. The van der Waals surface area contributed by atoms with E-state index in [-0.39, 0.29) is 10.8 Å². The second-order valence-electron chi connectivity index (χ2n) is 6.34. The highest BCUT2D eigenvalue weighted by Crippen LogP contribution is 2.18. The van der Waals surface area contributed by atoms with Gasteiger partial charge in [-0.15, -0.1) is 0 Å². The van der Waals surface area contributed by atoms with Crippen molar-refractivity contribution < 1.29 is 13.2 Å². The van der Waals surface area contributed by atoms with Crippen molar-refractivity contribution in [3.8, 4) is 0 Å². The third-order valence-electron chi connectivity index (χ3n) is 3.87. The minimum absolute atomic E-state index is 0.180. The number of nitrogens with one attached hydrogen (secondary N) is 1. The summed E-state index contributed by atoms with van der Waals surface area (Å²) in [5.41, 5.74) is 0.376. The SMILES string of the molecule is CC(C)CNC(=O)c1cccc(S(=O)(=O)N2CCN(C)CC2)c1. The lowest BCUT2D eigenvalue weighted by Crippen LogP contribution is -2.47. The van der Waals surface area contributed by atoms with Gasteiger partial charge in [0.1, 0.15) is 0 Å². The van der Waals surface area contributed by atoms with Gasteiger partial charge in [0.25, 0.3) is 5.91 Å². The largest absolute Gasteiger partial charge is 0.352 e. The van der Waals surface area contributed by atoms with Crippen molar-refractivity contribution in [2.24, 2.45) is 5.92 Å². The molecule has 1 amide bonds. The molecule has 1 aromatic carbocycles. The summed E-state index contributed by atoms with van der Waals surface area (Å²) in [5.74, 6) is 0.102. The van der Waals surface area contributed by atoms with Crippen molar-refractivity contribution in [3.05, 3.63) is 29.8 Å². The summed E-state index contributed by atoms with van der Waals surface area (Å²) in [5, 5.41) is 2.81. The number of sulfonamides is 1. The number of hydrogen-bond acceptors (Lipinski definition) is 4. The van der Waals surface area contributed by atoms with E-state index in [1.807, 2.05) is 20.9 Å². The minimum atomic E-state index is -3.55. The van der Waals surface area contributed by atoms with E-state index in [4.69, 9.17) is 0 Å². The minimum Gasteiger partial charge on any atom is -0.352 e. The number of hydrogen-bond donors (Lipinski definition) is 1. The highest BCUT2D eigenvalue weighted by molar-refractivity contribution is 7.89. The lowest BCUT2D eigenvalue weighted by Gasteiger charge is -2.31. The number of amides is 1. The summed E-state index contributed by atoms with van der Waals surface area (Å²) in [7, 11) is -1.57. The van der Waals surface area contributed by atoms with Crippen molar-refractivity contribution in [2.75, 3.05) is 39.8 Å². The lowest BCUT2D eigenvalue weighted by molar-refractivity contribution is 0.0949. The molecular formula is C16H25N3O3S. The number of carbonyl (C=O) groups is 1. The molecule has 0 radical (unpaired) electrons. The Bertz CT molecular complexity index is 650. The van der Waals surface area contributed by atoms with Crippen LogP contribution >= 0.6 is 0 Å². The topological polar surface area (TPSA) is 69.7 Å². The maximum Gasteiger partial charge on any atom is 0.251 e. The van der Waals surface area contributed by atoms with Crippen LogP contribution in [0.2, 0.25) is 0 Å². The van der Waals surface area contributed by atoms with E-state index in [1.54, 1.807) is 18.2 Å². The van der Waals surface area contributed by atoms with Gasteiger partial charge in [0.2, 0.25) is 10.0 Å². The van der Waals surface area contributed by atoms with E-state index in [0.717, 1.165) is 0 Å². The third-order valence-corrected chi connectivity index (χ3v) is 5.76. The molecule has 0 atom stereocenters. The van der Waals surface area contributed by atoms with Crippen molar-refractivity contribution in [2.45, 2.75) is 18.7 Å². The molecule has 1 saturated heterocycles. The lowest BCUT2D eigenvalue weighted by atomic mass is 10.2. The molecule has 0 unspecified atom stereocenters. The summed E-state index contributed by atoms with van der Waals surface area (Å²) < 4.78 is 26.9. The van der Waals surface area contributed by atoms with Crippen LogP contribution in [0.5, 0.6) is 0 Å². The molecule has 23 heavy (non-hydrogen) atoms. The Kier molecular flexibility index (Phi) is 5.78. The summed E-state index contributed by atoms with van der Waals surface area (Å²) in [4.78, 5) is 14.4. The van der Waals surface area contributed by atoms with Crippen molar-refractivity contribution >= 4 is 15.9 Å². The zero-order chi connectivity index (χ0) is 17.0. The van der Waals surface area contributed by atoms with Gasteiger partial charge >= 0.3 is 0 Å². The molecule has 6 nitrogen and oxygen atoms in total. The molecule has 1 aromatic rings. The number of benzene rings is 1. The van der Waals surface area contributed by atoms with E-state index in [0.29, 0.717) is 44.2 Å². The number of nitrogens with zero attached hydrogens (tertiary/aromatic N) is 2. The van der Waals surface area contributed by atoms with Gasteiger partial charge in [-0.3, -0.25) is 4.79 Å². The fourth-order valence-corrected chi connectivity index (χ4v) is 3.84. The first-order chi connectivity index (χ1) is 10.8. The van der Waals surface area contributed by atoms with Crippen LogP contribution < -0.4 is 5.32 Å². The van der Waals surface area contributed by atoms with E-state index >= 15 is 0 Å². The molecule has 1 aliphatic heterocycles. The highest BCUT2D eigenvalue weighted by Gasteiger charge is 2.27. The van der Waals surface area contributed by atoms with Gasteiger partial charge in [-0.05, 0) is 31.2 Å². The van der Waals surface area contributed by atoms with Crippen LogP contribution in [-0.4, -0.2) is 63.3 Å². The van der Waals surface area contributed by atoms with Crippen LogP contribution in [0.4, 0.5) is 0 Å². The average Bonchev–Trinajstić information content (AvgIpc) is 2.53. The van der Waals surface area contributed by atoms with Gasteiger partial charge in [-0.25, -0.2) is 8.42 Å². The van der Waals surface area contributed by atoms with Crippen molar-refractivity contribution in [1.82, 2.24) is 14.5 Å². The molecule has 1 N–H and O–H groups in total. The van der Waals surface area contributed by atoms with Gasteiger partial charge in [0.15, 0.2) is 0 Å². The molecule has 0 aliphatic carbocycles. The molecule has 1 aliphatic rings. The first-order valence-electron chi connectivity index (χ1n) is 7.87. The number of piperazine rings is 1. The Balaban J connectivity index is 2.16. The van der Waals surface area contributed by atoms with Crippen LogP contribution in [-0.2, 0) is 10.0 Å². The smallest absolute Gasteiger partial charge is 0.251 e. The number of likely N-dealkylation sites (N-methyl/N-ethyl adjacent to an activating group) is 1. The molecule has 1 fully saturated rings. The Morgan fingerprint density at radius 3 is 2.48 bits per heavy atom. The molecule has 0 spiro atoms. The molecular weight excluding hydrogens is 314 g/mol. The van der Waals surface area contributed by atoms with Gasteiger partial charge in [-0.1, -0.05) is 19.9 Å². The quantitative estimate of drug-likeness (QED) is 0.869. The molecule has 128 valence electrons. The van der Waals surface area contributed by atoms with Gasteiger partial charge in [0.05, 0.1) is 4.90 Å². The highest BCUT2D eigenvalue weighted by atomic mass is 32.2. The number of rotatable bonds is 5. The van der Waals surface area contributed by atoms with Gasteiger partial charge < -0.3 is 10.2 Å². The number of carbonyl (C=O) groups excluding carboxylic acids is 1. The van der Waals surface area contributed by atoms with Crippen LogP contribution in [0.25, 0.3) is 0 Å². The second-order valence-corrected chi connectivity index (χ2v) is 8.28. The predicted octanol–water partition coefficient (Wildman–Crippen LogP) is 1.01. The summed E-state index contributed by atoms with van der Waals surface area (Å²) in [6.45, 7) is 6.96. The van der Waals surface area contributed by atoms with Crippen LogP contribution in [0, 0.1) is 5.92 Å². The maximum atomic E-state index is 12.7. The molecule has 1 heterocycles.